The van der Waals surface area contributed by atoms with Crippen molar-refractivity contribution in [2.75, 3.05) is 6.54 Å². The molecule has 37 heavy (non-hydrogen) atoms. The largest absolute Gasteiger partial charge is 0.481 e. The van der Waals surface area contributed by atoms with E-state index < -0.39 is 53.8 Å². The highest BCUT2D eigenvalue weighted by molar-refractivity contribution is 5.94. The lowest BCUT2D eigenvalue weighted by molar-refractivity contribution is -0.143. The Balaban J connectivity index is 3.03. The van der Waals surface area contributed by atoms with Crippen molar-refractivity contribution in [2.24, 2.45) is 17.4 Å². The first-order valence-corrected chi connectivity index (χ1v) is 12.3. The fourth-order valence-corrected chi connectivity index (χ4v) is 3.48. The Labute approximate surface area is 215 Å². The molecule has 0 spiro atoms. The summed E-state index contributed by atoms with van der Waals surface area (Å²) in [5.74, 6) is -4.74. The second-order valence-electron chi connectivity index (χ2n) is 8.94. The lowest BCUT2D eigenvalue weighted by atomic mass is 9.96. The van der Waals surface area contributed by atoms with Crippen LogP contribution >= 0.6 is 0 Å². The Morgan fingerprint density at radius 2 is 1.68 bits per heavy atom. The normalized spacial score (nSPS) is 15.0. The Kier molecular flexibility index (Phi) is 13.9. The Morgan fingerprint density at radius 3 is 2.22 bits per heavy atom. The van der Waals surface area contributed by atoms with Crippen molar-refractivity contribution in [2.45, 2.75) is 83.0 Å². The van der Waals surface area contributed by atoms with Crippen LogP contribution in [0.15, 0.2) is 12.5 Å². The van der Waals surface area contributed by atoms with Gasteiger partial charge in [0.25, 0.3) is 0 Å². The second-order valence-corrected chi connectivity index (χ2v) is 8.94. The molecule has 0 aliphatic carbocycles. The molecule has 0 saturated carbocycles. The molecular formula is C23H39N7O7. The van der Waals surface area contributed by atoms with Gasteiger partial charge in [-0.2, -0.15) is 0 Å². The number of hydrogen-bond acceptors (Lipinski definition) is 8. The molecule has 0 bridgehead atoms. The lowest BCUT2D eigenvalue weighted by Crippen LogP contribution is -2.59. The number of carbonyl (C=O) groups is 5. The molecule has 14 nitrogen and oxygen atoms in total. The Morgan fingerprint density at radius 1 is 1.00 bits per heavy atom. The van der Waals surface area contributed by atoms with Gasteiger partial charge in [-0.3, -0.25) is 19.2 Å². The minimum Gasteiger partial charge on any atom is -0.481 e. The molecule has 0 aliphatic heterocycles. The smallest absolute Gasteiger partial charge is 0.326 e. The number of aromatic amines is 1. The summed E-state index contributed by atoms with van der Waals surface area (Å²) in [5, 5.41) is 26.0. The number of amides is 3. The summed E-state index contributed by atoms with van der Waals surface area (Å²) in [6.45, 7) is 3.95. The maximum Gasteiger partial charge on any atom is 0.326 e. The van der Waals surface area contributed by atoms with E-state index in [-0.39, 0.29) is 31.6 Å². The predicted molar refractivity (Wildman–Crippen MR) is 133 cm³/mol. The molecule has 1 aromatic heterocycles. The topological polar surface area (TPSA) is 243 Å². The minimum atomic E-state index is -1.20. The monoisotopic (exact) mass is 525 g/mol. The van der Waals surface area contributed by atoms with Gasteiger partial charge in [-0.1, -0.05) is 20.3 Å². The number of nitrogens with two attached hydrogens (primary N) is 2. The van der Waals surface area contributed by atoms with Crippen LogP contribution in [0.25, 0.3) is 0 Å². The summed E-state index contributed by atoms with van der Waals surface area (Å²) in [5.41, 5.74) is 11.8. The molecule has 1 heterocycles. The quantitative estimate of drug-likeness (QED) is 0.107. The number of rotatable bonds is 18. The maximum atomic E-state index is 13.3. The fourth-order valence-electron chi connectivity index (χ4n) is 3.48. The van der Waals surface area contributed by atoms with E-state index in [4.69, 9.17) is 16.6 Å². The van der Waals surface area contributed by atoms with Crippen LogP contribution < -0.4 is 27.4 Å². The van der Waals surface area contributed by atoms with E-state index in [9.17, 15) is 29.1 Å². The van der Waals surface area contributed by atoms with Crippen LogP contribution in [0.5, 0.6) is 0 Å². The molecule has 10 N–H and O–H groups in total. The molecule has 0 aliphatic rings. The van der Waals surface area contributed by atoms with Crippen molar-refractivity contribution < 1.29 is 34.2 Å². The molecule has 1 rings (SSSR count). The van der Waals surface area contributed by atoms with Gasteiger partial charge in [-0.25, -0.2) is 9.78 Å². The lowest BCUT2D eigenvalue weighted by Gasteiger charge is -2.28. The van der Waals surface area contributed by atoms with Gasteiger partial charge in [-0.05, 0) is 38.1 Å². The molecule has 208 valence electrons. The molecular weight excluding hydrogens is 486 g/mol. The van der Waals surface area contributed by atoms with Gasteiger partial charge >= 0.3 is 11.9 Å². The van der Waals surface area contributed by atoms with Crippen LogP contribution in [0, 0.1) is 5.92 Å². The van der Waals surface area contributed by atoms with Gasteiger partial charge in [0.15, 0.2) is 0 Å². The third-order valence-electron chi connectivity index (χ3n) is 5.97. The van der Waals surface area contributed by atoms with E-state index >= 15 is 0 Å². The van der Waals surface area contributed by atoms with Crippen LogP contribution in [0.2, 0.25) is 0 Å². The van der Waals surface area contributed by atoms with Gasteiger partial charge in [0, 0.05) is 24.7 Å². The van der Waals surface area contributed by atoms with Gasteiger partial charge in [-0.15, -0.1) is 0 Å². The number of aliphatic carboxylic acids is 2. The zero-order valence-corrected chi connectivity index (χ0v) is 21.2. The number of nitrogens with zero attached hydrogens (tertiary/aromatic N) is 1. The maximum absolute atomic E-state index is 13.3. The van der Waals surface area contributed by atoms with Gasteiger partial charge in [0.05, 0.1) is 12.4 Å². The highest BCUT2D eigenvalue weighted by atomic mass is 16.4. The number of aromatic nitrogens is 2. The number of nitrogens with one attached hydrogen (secondary N) is 4. The molecule has 14 heteroatoms. The summed E-state index contributed by atoms with van der Waals surface area (Å²) >= 11 is 0. The first-order valence-electron chi connectivity index (χ1n) is 12.3. The van der Waals surface area contributed by atoms with Crippen molar-refractivity contribution in [1.29, 1.82) is 0 Å². The first-order chi connectivity index (χ1) is 17.5. The Hall–Kier alpha value is -3.52. The average molecular weight is 526 g/mol. The molecule has 1 aromatic rings. The zero-order chi connectivity index (χ0) is 28.0. The summed E-state index contributed by atoms with van der Waals surface area (Å²) in [6, 6.07) is -4.54. The van der Waals surface area contributed by atoms with Crippen molar-refractivity contribution in [3.63, 3.8) is 0 Å². The molecule has 0 saturated heterocycles. The van der Waals surface area contributed by atoms with Crippen LogP contribution in [0.1, 0.15) is 58.1 Å². The third kappa shape index (κ3) is 11.4. The minimum absolute atomic E-state index is 0.00505. The van der Waals surface area contributed by atoms with Crippen molar-refractivity contribution >= 4 is 29.7 Å². The highest BCUT2D eigenvalue weighted by Gasteiger charge is 2.33. The molecule has 3 amide bonds. The molecule has 0 fully saturated rings. The van der Waals surface area contributed by atoms with Gasteiger partial charge in [0.1, 0.15) is 18.1 Å². The van der Waals surface area contributed by atoms with Crippen molar-refractivity contribution in [1.82, 2.24) is 25.9 Å². The number of imidazole rings is 1. The second kappa shape index (κ2) is 16.3. The number of H-pyrrole nitrogens is 1. The number of carbonyl (C=O) groups excluding carboxylic acids is 3. The van der Waals surface area contributed by atoms with Gasteiger partial charge in [0.2, 0.25) is 17.7 Å². The van der Waals surface area contributed by atoms with Crippen LogP contribution in [0.4, 0.5) is 0 Å². The number of hydrogen-bond donors (Lipinski definition) is 8. The summed E-state index contributed by atoms with van der Waals surface area (Å²) in [7, 11) is 0. The molecule has 5 unspecified atom stereocenters. The average Bonchev–Trinajstić information content (AvgIpc) is 3.37. The molecule has 5 atom stereocenters. The fraction of sp³-hybridized carbons (Fsp3) is 0.652. The van der Waals surface area contributed by atoms with E-state index in [2.05, 4.69) is 25.9 Å². The van der Waals surface area contributed by atoms with E-state index in [1.807, 2.05) is 6.92 Å². The first kappa shape index (κ1) is 31.5. The van der Waals surface area contributed by atoms with Crippen LogP contribution in [-0.2, 0) is 30.4 Å². The van der Waals surface area contributed by atoms with E-state index in [0.717, 1.165) is 0 Å². The van der Waals surface area contributed by atoms with Crippen LogP contribution in [0.3, 0.4) is 0 Å². The highest BCUT2D eigenvalue weighted by Crippen LogP contribution is 2.11. The summed E-state index contributed by atoms with van der Waals surface area (Å²) < 4.78 is 0. The zero-order valence-electron chi connectivity index (χ0n) is 21.2. The summed E-state index contributed by atoms with van der Waals surface area (Å²) in [6.07, 6.45) is 4.22. The van der Waals surface area contributed by atoms with E-state index in [1.165, 1.54) is 12.5 Å². The standard InChI is InChI=1S/C23H39N7O7/c1-3-13(2)19(22(35)28-16(23(36)37)6-4-5-9-24)30-21(34)17(10-14-11-26-12-27-14)29-20(33)15(25)7-8-18(31)32/h11-13,15-17,19H,3-10,24-25H2,1-2H3,(H,26,27)(H,28,35)(H,29,33)(H,30,34)(H,31,32)(H,36,37). The summed E-state index contributed by atoms with van der Waals surface area (Å²) in [4.78, 5) is 68.0. The molecule has 0 radical (unpaired) electrons. The third-order valence-corrected chi connectivity index (χ3v) is 5.97. The SMILES string of the molecule is CCC(C)C(NC(=O)C(Cc1cnc[nH]1)NC(=O)C(N)CCC(=O)O)C(=O)NC(CCCCN)C(=O)O. The number of carboxylic acids is 2. The van der Waals surface area contributed by atoms with Crippen molar-refractivity contribution in [3.8, 4) is 0 Å². The van der Waals surface area contributed by atoms with Crippen LogP contribution in [-0.4, -0.2) is 80.6 Å². The number of carboxylic acid groups (broad SMARTS) is 2. The van der Waals surface area contributed by atoms with E-state index in [1.54, 1.807) is 6.92 Å². The Bertz CT molecular complexity index is 894. The van der Waals surface area contributed by atoms with Crippen molar-refractivity contribution in [3.05, 3.63) is 18.2 Å². The van der Waals surface area contributed by atoms with Gasteiger partial charge < -0.3 is 42.6 Å². The predicted octanol–water partition coefficient (Wildman–Crippen LogP) is -1.14. The number of unbranched alkanes of at least 4 members (excludes halogenated alkanes) is 1. The molecule has 0 aromatic carbocycles. The van der Waals surface area contributed by atoms with E-state index in [0.29, 0.717) is 31.5 Å².